The molecule has 0 aliphatic heterocycles. The number of nitrogens with zero attached hydrogens (tertiary/aromatic N) is 1. The van der Waals surface area contributed by atoms with Crippen LogP contribution in [0, 0.1) is 19.8 Å². The van der Waals surface area contributed by atoms with Gasteiger partial charge in [-0.2, -0.15) is 0 Å². The molecule has 1 aromatic rings. The fraction of sp³-hybridized carbons (Fsp3) is 0.562. The first kappa shape index (κ1) is 18.5. The molecule has 0 radical (unpaired) electrons. The number of sulfonamides is 1. The first-order valence-electron chi connectivity index (χ1n) is 7.43. The van der Waals surface area contributed by atoms with Gasteiger partial charge in [-0.25, -0.2) is 8.42 Å². The van der Waals surface area contributed by atoms with Gasteiger partial charge in [-0.3, -0.25) is 9.10 Å². The van der Waals surface area contributed by atoms with E-state index in [2.05, 4.69) is 5.32 Å². The molecular formula is C16H26N2O3S. The van der Waals surface area contributed by atoms with Gasteiger partial charge in [0.05, 0.1) is 18.5 Å². The van der Waals surface area contributed by atoms with E-state index in [-0.39, 0.29) is 18.4 Å². The van der Waals surface area contributed by atoms with Gasteiger partial charge in [0, 0.05) is 13.0 Å². The van der Waals surface area contributed by atoms with Gasteiger partial charge in [0.25, 0.3) is 0 Å². The number of anilines is 1. The fourth-order valence-electron chi connectivity index (χ4n) is 2.19. The number of nitrogens with one attached hydrogen (secondary N) is 1. The molecule has 6 heteroatoms. The molecule has 5 nitrogen and oxygen atoms in total. The third kappa shape index (κ3) is 5.67. The van der Waals surface area contributed by atoms with Crippen LogP contribution < -0.4 is 9.62 Å². The van der Waals surface area contributed by atoms with Crippen LogP contribution >= 0.6 is 0 Å². The topological polar surface area (TPSA) is 66.5 Å². The normalized spacial score (nSPS) is 11.5. The third-order valence-electron chi connectivity index (χ3n) is 3.26. The lowest BCUT2D eigenvalue weighted by atomic mass is 10.1. The Bertz CT molecular complexity index is 624. The molecule has 22 heavy (non-hydrogen) atoms. The van der Waals surface area contributed by atoms with Gasteiger partial charge in [0.15, 0.2) is 0 Å². The summed E-state index contributed by atoms with van der Waals surface area (Å²) >= 11 is 0. The van der Waals surface area contributed by atoms with Crippen molar-refractivity contribution in [2.24, 2.45) is 5.92 Å². The number of hydrogen-bond acceptors (Lipinski definition) is 3. The van der Waals surface area contributed by atoms with Gasteiger partial charge in [-0.15, -0.1) is 0 Å². The highest BCUT2D eigenvalue weighted by atomic mass is 32.2. The average molecular weight is 326 g/mol. The van der Waals surface area contributed by atoms with Crippen LogP contribution in [-0.2, 0) is 14.8 Å². The van der Waals surface area contributed by atoms with Crippen molar-refractivity contribution >= 4 is 21.6 Å². The second-order valence-corrected chi connectivity index (χ2v) is 7.98. The van der Waals surface area contributed by atoms with Crippen LogP contribution in [0.2, 0.25) is 0 Å². The fourth-order valence-corrected chi connectivity index (χ4v) is 3.17. The van der Waals surface area contributed by atoms with Gasteiger partial charge < -0.3 is 5.32 Å². The molecule has 1 amide bonds. The Kier molecular flexibility index (Phi) is 6.41. The molecule has 1 rings (SSSR count). The van der Waals surface area contributed by atoms with E-state index >= 15 is 0 Å². The molecule has 0 heterocycles. The van der Waals surface area contributed by atoms with Crippen molar-refractivity contribution in [2.75, 3.05) is 23.7 Å². The summed E-state index contributed by atoms with van der Waals surface area (Å²) < 4.78 is 25.5. The zero-order valence-corrected chi connectivity index (χ0v) is 14.8. The zero-order valence-electron chi connectivity index (χ0n) is 14.0. The third-order valence-corrected chi connectivity index (χ3v) is 4.44. The van der Waals surface area contributed by atoms with Gasteiger partial charge in [-0.05, 0) is 37.0 Å². The Morgan fingerprint density at radius 1 is 1.27 bits per heavy atom. The first-order valence-corrected chi connectivity index (χ1v) is 9.27. The number of aryl methyl sites for hydroxylation is 2. The van der Waals surface area contributed by atoms with Crippen LogP contribution in [0.25, 0.3) is 0 Å². The lowest BCUT2D eigenvalue weighted by molar-refractivity contribution is -0.121. The summed E-state index contributed by atoms with van der Waals surface area (Å²) in [7, 11) is -3.40. The zero-order chi connectivity index (χ0) is 16.9. The summed E-state index contributed by atoms with van der Waals surface area (Å²) in [5, 5.41) is 2.78. The minimum atomic E-state index is -3.40. The summed E-state index contributed by atoms with van der Waals surface area (Å²) in [5.74, 6) is 0.231. The Hall–Kier alpha value is -1.56. The Labute approximate surface area is 133 Å². The lowest BCUT2D eigenvalue weighted by Crippen LogP contribution is -2.38. The monoisotopic (exact) mass is 326 g/mol. The Morgan fingerprint density at radius 3 is 2.45 bits per heavy atom. The van der Waals surface area contributed by atoms with E-state index in [1.165, 1.54) is 10.6 Å². The van der Waals surface area contributed by atoms with Crippen molar-refractivity contribution in [3.63, 3.8) is 0 Å². The lowest BCUT2D eigenvalue weighted by Gasteiger charge is -2.24. The summed E-state index contributed by atoms with van der Waals surface area (Å²) in [6.07, 6.45) is 1.63. The van der Waals surface area contributed by atoms with Gasteiger partial charge in [-0.1, -0.05) is 26.0 Å². The van der Waals surface area contributed by atoms with Crippen LogP contribution in [0.5, 0.6) is 0 Å². The Morgan fingerprint density at radius 2 is 1.91 bits per heavy atom. The van der Waals surface area contributed by atoms with Gasteiger partial charge in [0.2, 0.25) is 15.9 Å². The number of hydrogen-bond donors (Lipinski definition) is 1. The van der Waals surface area contributed by atoms with E-state index < -0.39 is 10.0 Å². The maximum absolute atomic E-state index is 12.1. The van der Waals surface area contributed by atoms with Crippen LogP contribution in [0.3, 0.4) is 0 Å². The summed E-state index contributed by atoms with van der Waals surface area (Å²) in [6, 6.07) is 5.70. The van der Waals surface area contributed by atoms with E-state index in [1.807, 2.05) is 45.9 Å². The van der Waals surface area contributed by atoms with Crippen LogP contribution in [0.4, 0.5) is 5.69 Å². The molecule has 1 aromatic carbocycles. The largest absolute Gasteiger partial charge is 0.354 e. The van der Waals surface area contributed by atoms with Crippen molar-refractivity contribution in [3.05, 3.63) is 29.3 Å². The smallest absolute Gasteiger partial charge is 0.232 e. The van der Waals surface area contributed by atoms with Gasteiger partial charge >= 0.3 is 0 Å². The summed E-state index contributed by atoms with van der Waals surface area (Å²) in [5.41, 5.74) is 2.56. The molecule has 0 spiro atoms. The van der Waals surface area contributed by atoms with Crippen molar-refractivity contribution < 1.29 is 13.2 Å². The molecule has 0 saturated heterocycles. The van der Waals surface area contributed by atoms with Crippen molar-refractivity contribution in [1.29, 1.82) is 0 Å². The molecule has 0 unspecified atom stereocenters. The molecule has 0 atom stereocenters. The maximum Gasteiger partial charge on any atom is 0.232 e. The molecule has 0 aliphatic rings. The minimum absolute atomic E-state index is 0.0515. The second kappa shape index (κ2) is 7.63. The number of benzene rings is 1. The first-order chi connectivity index (χ1) is 10.1. The highest BCUT2D eigenvalue weighted by Gasteiger charge is 2.19. The van der Waals surface area contributed by atoms with E-state index in [0.29, 0.717) is 18.7 Å². The van der Waals surface area contributed by atoms with E-state index in [4.69, 9.17) is 0 Å². The number of amides is 1. The number of carbonyl (C=O) groups excluding carboxylic acids is 1. The van der Waals surface area contributed by atoms with Crippen LogP contribution in [0.1, 0.15) is 31.4 Å². The molecule has 0 bridgehead atoms. The Balaban J connectivity index is 2.84. The standard InChI is InChI=1S/C16H26N2O3S/c1-12(2)10-16(19)17-8-9-18(22(5,20)21)15-11-13(3)6-7-14(15)4/h6-7,11-12H,8-10H2,1-5H3,(H,17,19). The molecule has 0 aliphatic carbocycles. The quantitative estimate of drug-likeness (QED) is 0.835. The summed E-state index contributed by atoms with van der Waals surface area (Å²) in [4.78, 5) is 11.7. The second-order valence-electron chi connectivity index (χ2n) is 6.07. The average Bonchev–Trinajstić information content (AvgIpc) is 2.35. The molecule has 0 aromatic heterocycles. The van der Waals surface area contributed by atoms with E-state index in [9.17, 15) is 13.2 Å². The number of rotatable bonds is 7. The van der Waals surface area contributed by atoms with Gasteiger partial charge in [0.1, 0.15) is 0 Å². The molecule has 1 N–H and O–H groups in total. The molecular weight excluding hydrogens is 300 g/mol. The molecule has 124 valence electrons. The molecule has 0 saturated carbocycles. The maximum atomic E-state index is 12.1. The predicted molar refractivity (Wildman–Crippen MR) is 90.6 cm³/mol. The van der Waals surface area contributed by atoms with Crippen molar-refractivity contribution in [3.8, 4) is 0 Å². The van der Waals surface area contributed by atoms with E-state index in [0.717, 1.165) is 11.1 Å². The summed E-state index contributed by atoms with van der Waals surface area (Å²) in [6.45, 7) is 8.27. The van der Waals surface area contributed by atoms with E-state index in [1.54, 1.807) is 0 Å². The molecule has 0 fully saturated rings. The SMILES string of the molecule is Cc1ccc(C)c(N(CCNC(=O)CC(C)C)S(C)(=O)=O)c1. The highest BCUT2D eigenvalue weighted by Crippen LogP contribution is 2.23. The van der Waals surface area contributed by atoms with Crippen molar-refractivity contribution in [1.82, 2.24) is 5.32 Å². The predicted octanol–water partition coefficient (Wildman–Crippen LogP) is 2.23. The van der Waals surface area contributed by atoms with Crippen molar-refractivity contribution in [2.45, 2.75) is 34.1 Å². The van der Waals surface area contributed by atoms with Crippen LogP contribution in [-0.4, -0.2) is 33.7 Å². The van der Waals surface area contributed by atoms with Crippen LogP contribution in [0.15, 0.2) is 18.2 Å². The highest BCUT2D eigenvalue weighted by molar-refractivity contribution is 7.92. The number of carbonyl (C=O) groups is 1. The minimum Gasteiger partial charge on any atom is -0.354 e.